The van der Waals surface area contributed by atoms with E-state index in [0.29, 0.717) is 17.9 Å². The van der Waals surface area contributed by atoms with Crippen molar-refractivity contribution in [2.45, 2.75) is 59.3 Å². The largest absolute Gasteiger partial charge is 0.494 e. The van der Waals surface area contributed by atoms with Crippen molar-refractivity contribution in [2.24, 2.45) is 5.10 Å². The topological polar surface area (TPSA) is 113 Å². The summed E-state index contributed by atoms with van der Waals surface area (Å²) in [5.74, 6) is 0.0999. The molecule has 2 aromatic rings. The van der Waals surface area contributed by atoms with Crippen LogP contribution < -0.4 is 24.4 Å². The van der Waals surface area contributed by atoms with E-state index in [1.165, 1.54) is 64.3 Å². The van der Waals surface area contributed by atoms with E-state index in [2.05, 4.69) is 17.5 Å². The Morgan fingerprint density at radius 2 is 1.42 bits per heavy atom. The number of rotatable bonds is 15. The second-order valence-corrected chi connectivity index (χ2v) is 8.06. The molecule has 2 rings (SSSR count). The van der Waals surface area contributed by atoms with Gasteiger partial charge in [0.25, 0.3) is 5.91 Å². The van der Waals surface area contributed by atoms with E-state index in [-0.39, 0.29) is 18.1 Å². The Labute approximate surface area is 211 Å². The molecule has 0 heterocycles. The molecule has 0 aliphatic carbocycles. The molecule has 0 unspecified atom stereocenters. The fraction of sp³-hybridized carbons (Fsp3) is 0.407. The van der Waals surface area contributed by atoms with Crippen LogP contribution in [0.4, 0.5) is 0 Å². The van der Waals surface area contributed by atoms with Crippen LogP contribution in [0.2, 0.25) is 0 Å². The first-order valence-corrected chi connectivity index (χ1v) is 12.1. The minimum absolute atomic E-state index is 0.134. The Kier molecular flexibility index (Phi) is 12.5. The van der Waals surface area contributed by atoms with Crippen LogP contribution in [0.5, 0.6) is 23.0 Å². The van der Waals surface area contributed by atoms with Gasteiger partial charge in [0.2, 0.25) is 0 Å². The molecule has 0 aliphatic rings. The number of nitrogens with zero attached hydrogens (tertiary/aromatic N) is 1. The number of amides is 1. The van der Waals surface area contributed by atoms with Gasteiger partial charge >= 0.3 is 11.9 Å². The SMILES string of the molecule is CCCCCCCCOc1ccc(OCC(=O)N/N=C\c2ccc(OC(C)=O)cc2OC(C)=O)cc1. The molecular weight excluding hydrogens is 464 g/mol. The summed E-state index contributed by atoms with van der Waals surface area (Å²) in [4.78, 5) is 34.6. The van der Waals surface area contributed by atoms with Gasteiger partial charge in [-0.25, -0.2) is 5.43 Å². The molecular formula is C27H34N2O7. The first-order valence-electron chi connectivity index (χ1n) is 12.1. The van der Waals surface area contributed by atoms with Gasteiger partial charge in [-0.1, -0.05) is 39.0 Å². The standard InChI is InChI=1S/C27H34N2O7/c1-4-5-6-7-8-9-16-33-23-12-14-24(15-13-23)34-19-27(32)29-28-18-22-10-11-25(35-20(2)30)17-26(22)36-21(3)31/h10-15,17-18H,4-9,16,19H2,1-3H3,(H,29,32)/b28-18-. The molecule has 36 heavy (non-hydrogen) atoms. The summed E-state index contributed by atoms with van der Waals surface area (Å²) in [5, 5.41) is 3.87. The van der Waals surface area contributed by atoms with Gasteiger partial charge in [0, 0.05) is 25.5 Å². The van der Waals surface area contributed by atoms with Crippen LogP contribution in [0.25, 0.3) is 0 Å². The molecule has 0 fully saturated rings. The number of benzene rings is 2. The minimum Gasteiger partial charge on any atom is -0.494 e. The van der Waals surface area contributed by atoms with Gasteiger partial charge in [0.1, 0.15) is 23.0 Å². The molecule has 0 saturated carbocycles. The Morgan fingerprint density at radius 3 is 2.08 bits per heavy atom. The molecule has 9 nitrogen and oxygen atoms in total. The number of unbranched alkanes of at least 4 members (excludes halogenated alkanes) is 5. The molecule has 0 aliphatic heterocycles. The average Bonchev–Trinajstić information content (AvgIpc) is 2.83. The molecule has 0 saturated heterocycles. The first-order chi connectivity index (χ1) is 17.4. The molecule has 0 radical (unpaired) electrons. The van der Waals surface area contributed by atoms with Crippen molar-refractivity contribution < 1.29 is 33.3 Å². The zero-order valence-electron chi connectivity index (χ0n) is 21.1. The predicted octanol–water partition coefficient (Wildman–Crippen LogP) is 4.81. The van der Waals surface area contributed by atoms with Crippen LogP contribution in [0, 0.1) is 0 Å². The van der Waals surface area contributed by atoms with Crippen LogP contribution in [0.3, 0.4) is 0 Å². The molecule has 0 spiro atoms. The lowest BCUT2D eigenvalue weighted by Crippen LogP contribution is -2.24. The van der Waals surface area contributed by atoms with Gasteiger partial charge in [0.15, 0.2) is 6.61 Å². The predicted molar refractivity (Wildman–Crippen MR) is 136 cm³/mol. The van der Waals surface area contributed by atoms with Crippen LogP contribution in [0.15, 0.2) is 47.6 Å². The van der Waals surface area contributed by atoms with Crippen LogP contribution in [-0.4, -0.2) is 37.3 Å². The second-order valence-electron chi connectivity index (χ2n) is 8.06. The molecule has 9 heteroatoms. The lowest BCUT2D eigenvalue weighted by molar-refractivity contribution is -0.132. The smallest absolute Gasteiger partial charge is 0.308 e. The fourth-order valence-electron chi connectivity index (χ4n) is 3.15. The third-order valence-electron chi connectivity index (χ3n) is 4.85. The summed E-state index contributed by atoms with van der Waals surface area (Å²) in [6, 6.07) is 11.5. The number of hydrazone groups is 1. The van der Waals surface area contributed by atoms with Crippen molar-refractivity contribution in [3.63, 3.8) is 0 Å². The van der Waals surface area contributed by atoms with E-state index < -0.39 is 17.8 Å². The normalized spacial score (nSPS) is 10.6. The average molecular weight is 499 g/mol. The van der Waals surface area contributed by atoms with Crippen molar-refractivity contribution >= 4 is 24.1 Å². The number of carbonyl (C=O) groups excluding carboxylic acids is 3. The Morgan fingerprint density at radius 1 is 0.806 bits per heavy atom. The quantitative estimate of drug-likeness (QED) is 0.123. The zero-order valence-corrected chi connectivity index (χ0v) is 21.1. The molecule has 0 aromatic heterocycles. The summed E-state index contributed by atoms with van der Waals surface area (Å²) in [6.07, 6.45) is 8.56. The lowest BCUT2D eigenvalue weighted by Gasteiger charge is -2.09. The Balaban J connectivity index is 1.77. The summed E-state index contributed by atoms with van der Waals surface area (Å²) < 4.78 is 21.3. The van der Waals surface area contributed by atoms with Crippen molar-refractivity contribution in [1.29, 1.82) is 0 Å². The summed E-state index contributed by atoms with van der Waals surface area (Å²) >= 11 is 0. The number of hydrogen-bond acceptors (Lipinski definition) is 8. The van der Waals surface area contributed by atoms with E-state index >= 15 is 0 Å². The van der Waals surface area contributed by atoms with Gasteiger partial charge in [0.05, 0.1) is 12.8 Å². The maximum absolute atomic E-state index is 12.1. The van der Waals surface area contributed by atoms with Gasteiger partial charge in [-0.3, -0.25) is 14.4 Å². The molecule has 0 bridgehead atoms. The van der Waals surface area contributed by atoms with E-state index in [1.54, 1.807) is 30.3 Å². The maximum atomic E-state index is 12.1. The van der Waals surface area contributed by atoms with Gasteiger partial charge in [-0.2, -0.15) is 5.10 Å². The maximum Gasteiger partial charge on any atom is 0.308 e. The molecule has 2 aromatic carbocycles. The summed E-state index contributed by atoms with van der Waals surface area (Å²) in [5.41, 5.74) is 2.75. The lowest BCUT2D eigenvalue weighted by atomic mass is 10.1. The van der Waals surface area contributed by atoms with E-state index in [0.717, 1.165) is 12.2 Å². The number of ether oxygens (including phenoxy) is 4. The van der Waals surface area contributed by atoms with Crippen LogP contribution in [-0.2, 0) is 14.4 Å². The van der Waals surface area contributed by atoms with Gasteiger partial charge < -0.3 is 18.9 Å². The summed E-state index contributed by atoms with van der Waals surface area (Å²) in [6.45, 7) is 5.15. The monoisotopic (exact) mass is 498 g/mol. The summed E-state index contributed by atoms with van der Waals surface area (Å²) in [7, 11) is 0. The molecule has 0 atom stereocenters. The Hall–Kier alpha value is -3.88. The molecule has 1 N–H and O–H groups in total. The molecule has 1 amide bonds. The molecule has 194 valence electrons. The highest BCUT2D eigenvalue weighted by Crippen LogP contribution is 2.24. The highest BCUT2D eigenvalue weighted by Gasteiger charge is 2.09. The zero-order chi connectivity index (χ0) is 26.2. The van der Waals surface area contributed by atoms with Crippen molar-refractivity contribution in [3.05, 3.63) is 48.0 Å². The highest BCUT2D eigenvalue weighted by atomic mass is 16.5. The van der Waals surface area contributed by atoms with E-state index in [4.69, 9.17) is 18.9 Å². The van der Waals surface area contributed by atoms with Crippen LogP contribution in [0.1, 0.15) is 64.9 Å². The minimum atomic E-state index is -0.555. The van der Waals surface area contributed by atoms with Crippen molar-refractivity contribution in [1.82, 2.24) is 5.43 Å². The number of esters is 2. The Bertz CT molecular complexity index is 1020. The second kappa shape index (κ2) is 15.9. The van der Waals surface area contributed by atoms with Gasteiger partial charge in [-0.05, 0) is 42.8 Å². The van der Waals surface area contributed by atoms with E-state index in [9.17, 15) is 14.4 Å². The number of hydrogen-bond donors (Lipinski definition) is 1. The van der Waals surface area contributed by atoms with Crippen molar-refractivity contribution in [3.8, 4) is 23.0 Å². The highest BCUT2D eigenvalue weighted by molar-refractivity contribution is 5.87. The first kappa shape index (κ1) is 28.4. The van der Waals surface area contributed by atoms with Crippen LogP contribution >= 0.6 is 0 Å². The number of nitrogens with one attached hydrogen (secondary N) is 1. The fourth-order valence-corrected chi connectivity index (χ4v) is 3.15. The van der Waals surface area contributed by atoms with E-state index in [1.807, 2.05) is 0 Å². The van der Waals surface area contributed by atoms with Gasteiger partial charge in [-0.15, -0.1) is 0 Å². The third-order valence-corrected chi connectivity index (χ3v) is 4.85. The number of carbonyl (C=O) groups is 3. The third kappa shape index (κ3) is 11.5. The van der Waals surface area contributed by atoms with Crippen molar-refractivity contribution in [2.75, 3.05) is 13.2 Å².